The Morgan fingerprint density at radius 1 is 1.06 bits per heavy atom. The fourth-order valence-electron chi connectivity index (χ4n) is 4.19. The van der Waals surface area contributed by atoms with E-state index in [1.54, 1.807) is 13.2 Å². The Kier molecular flexibility index (Phi) is 7.86. The predicted molar refractivity (Wildman–Crippen MR) is 129 cm³/mol. The van der Waals surface area contributed by atoms with Crippen LogP contribution in [0.1, 0.15) is 23.6 Å². The van der Waals surface area contributed by atoms with Crippen LogP contribution in [0.25, 0.3) is 6.08 Å². The van der Waals surface area contributed by atoms with Gasteiger partial charge in [-0.15, -0.1) is 0 Å². The smallest absolute Gasteiger partial charge is 0.244 e. The molecule has 2 heterocycles. The van der Waals surface area contributed by atoms with Crippen LogP contribution in [-0.4, -0.2) is 68.8 Å². The van der Waals surface area contributed by atoms with Crippen LogP contribution in [-0.2, 0) is 17.9 Å². The predicted octanol–water partition coefficient (Wildman–Crippen LogP) is 2.93. The molecule has 1 N–H and O–H groups in total. The van der Waals surface area contributed by atoms with Gasteiger partial charge in [-0.2, -0.15) is 0 Å². The number of benzene rings is 2. The fraction of sp³-hybridized carbons (Fsp3) is 0.423. The number of rotatable bonds is 8. The number of hydrogen-bond donors (Lipinski definition) is 1. The molecule has 0 aromatic heterocycles. The zero-order valence-corrected chi connectivity index (χ0v) is 19.5. The van der Waals surface area contributed by atoms with Crippen molar-refractivity contribution in [2.45, 2.75) is 20.0 Å². The summed E-state index contributed by atoms with van der Waals surface area (Å²) in [7, 11) is 1.59. The number of carbonyl (C=O) groups is 1. The molecule has 1 fully saturated rings. The Labute approximate surface area is 195 Å². The highest BCUT2D eigenvalue weighted by molar-refractivity contribution is 5.91. The molecule has 0 radical (unpaired) electrons. The van der Waals surface area contributed by atoms with Crippen LogP contribution >= 0.6 is 0 Å². The van der Waals surface area contributed by atoms with E-state index in [2.05, 4.69) is 40.2 Å². The van der Waals surface area contributed by atoms with E-state index in [1.165, 1.54) is 11.6 Å². The molecular formula is C26H33N3O4. The van der Waals surface area contributed by atoms with E-state index >= 15 is 0 Å². The molecule has 0 saturated carbocycles. The van der Waals surface area contributed by atoms with E-state index in [0.717, 1.165) is 50.4 Å². The van der Waals surface area contributed by atoms with Gasteiger partial charge in [0.15, 0.2) is 11.5 Å². The summed E-state index contributed by atoms with van der Waals surface area (Å²) in [5.74, 6) is 1.70. The first-order valence-corrected chi connectivity index (χ1v) is 11.6. The zero-order valence-electron chi connectivity index (χ0n) is 19.5. The largest absolute Gasteiger partial charge is 0.493 e. The van der Waals surface area contributed by atoms with Crippen LogP contribution in [0.3, 0.4) is 0 Å². The van der Waals surface area contributed by atoms with Crippen molar-refractivity contribution in [2.24, 2.45) is 0 Å². The van der Waals surface area contributed by atoms with Crippen molar-refractivity contribution in [3.8, 4) is 17.2 Å². The number of piperazine rings is 1. The topological polar surface area (TPSA) is 63.3 Å². The maximum Gasteiger partial charge on any atom is 0.244 e. The van der Waals surface area contributed by atoms with Crippen molar-refractivity contribution in [2.75, 3.05) is 53.0 Å². The number of amides is 1. The van der Waals surface area contributed by atoms with Crippen molar-refractivity contribution in [1.82, 2.24) is 15.1 Å². The minimum Gasteiger partial charge on any atom is -0.493 e. The van der Waals surface area contributed by atoms with Crippen molar-refractivity contribution < 1.29 is 19.0 Å². The quantitative estimate of drug-likeness (QED) is 0.623. The molecule has 33 heavy (non-hydrogen) atoms. The third kappa shape index (κ3) is 6.06. The second kappa shape index (κ2) is 11.2. The van der Waals surface area contributed by atoms with Gasteiger partial charge in [-0.05, 0) is 41.4 Å². The van der Waals surface area contributed by atoms with Crippen LogP contribution in [0.4, 0.5) is 0 Å². The molecule has 2 aromatic carbocycles. The second-order valence-electron chi connectivity index (χ2n) is 8.28. The van der Waals surface area contributed by atoms with E-state index in [1.807, 2.05) is 18.2 Å². The van der Waals surface area contributed by atoms with E-state index in [9.17, 15) is 4.79 Å². The van der Waals surface area contributed by atoms with Crippen LogP contribution in [0.2, 0.25) is 0 Å². The Hall–Kier alpha value is -3.03. The SMILES string of the molecule is CCN1CCN(Cc2ccccc2CNC(=O)C=Cc2cc(OC)c3c(c2)OCCO3)CC1. The molecule has 7 nitrogen and oxygen atoms in total. The molecule has 0 bridgehead atoms. The van der Waals surface area contributed by atoms with Crippen LogP contribution in [0, 0.1) is 0 Å². The summed E-state index contributed by atoms with van der Waals surface area (Å²) < 4.78 is 16.7. The molecular weight excluding hydrogens is 418 g/mol. The normalized spacial score (nSPS) is 16.7. The molecule has 2 aliphatic heterocycles. The lowest BCUT2D eigenvalue weighted by Gasteiger charge is -2.34. The molecule has 1 amide bonds. The number of carbonyl (C=O) groups excluding carboxylic acids is 1. The molecule has 1 saturated heterocycles. The standard InChI is InChI=1S/C26H33N3O4/c1-3-28-10-12-29(13-11-28)19-22-7-5-4-6-21(22)18-27-25(30)9-8-20-16-23(31-2)26-24(17-20)32-14-15-33-26/h4-9,16-17H,3,10-15,18-19H2,1-2H3,(H,27,30). The van der Waals surface area contributed by atoms with Gasteiger partial charge in [0.05, 0.1) is 7.11 Å². The van der Waals surface area contributed by atoms with Gasteiger partial charge >= 0.3 is 0 Å². The molecule has 4 rings (SSSR count). The minimum absolute atomic E-state index is 0.143. The Bertz CT molecular complexity index is 966. The Balaban J connectivity index is 1.34. The van der Waals surface area contributed by atoms with Crippen molar-refractivity contribution in [1.29, 1.82) is 0 Å². The van der Waals surface area contributed by atoms with Crippen LogP contribution < -0.4 is 19.5 Å². The van der Waals surface area contributed by atoms with Crippen molar-refractivity contribution in [3.63, 3.8) is 0 Å². The number of hydrogen-bond acceptors (Lipinski definition) is 6. The van der Waals surface area contributed by atoms with E-state index in [4.69, 9.17) is 14.2 Å². The summed E-state index contributed by atoms with van der Waals surface area (Å²) in [4.78, 5) is 17.5. The first-order valence-electron chi connectivity index (χ1n) is 11.6. The number of nitrogens with one attached hydrogen (secondary N) is 1. The van der Waals surface area contributed by atoms with Gasteiger partial charge in [-0.25, -0.2) is 0 Å². The zero-order chi connectivity index (χ0) is 23.0. The number of methoxy groups -OCH3 is 1. The molecule has 2 aromatic rings. The van der Waals surface area contributed by atoms with Crippen molar-refractivity contribution >= 4 is 12.0 Å². The second-order valence-corrected chi connectivity index (χ2v) is 8.28. The lowest BCUT2D eigenvalue weighted by atomic mass is 10.1. The van der Waals surface area contributed by atoms with Crippen LogP contribution in [0.15, 0.2) is 42.5 Å². The average Bonchev–Trinajstić information content (AvgIpc) is 2.86. The lowest BCUT2D eigenvalue weighted by Crippen LogP contribution is -2.45. The number of likely N-dealkylation sites (N-methyl/N-ethyl adjacent to an activating group) is 1. The highest BCUT2D eigenvalue weighted by atomic mass is 16.6. The lowest BCUT2D eigenvalue weighted by molar-refractivity contribution is -0.116. The highest BCUT2D eigenvalue weighted by Gasteiger charge is 2.18. The Morgan fingerprint density at radius 3 is 2.55 bits per heavy atom. The first kappa shape index (κ1) is 23.1. The molecule has 2 aliphatic rings. The molecule has 7 heteroatoms. The summed E-state index contributed by atoms with van der Waals surface area (Å²) >= 11 is 0. The summed E-state index contributed by atoms with van der Waals surface area (Å²) in [6.45, 7) is 10.1. The third-order valence-electron chi connectivity index (χ3n) is 6.16. The number of nitrogens with zero attached hydrogens (tertiary/aromatic N) is 2. The van der Waals surface area contributed by atoms with Crippen molar-refractivity contribution in [3.05, 3.63) is 59.2 Å². The van der Waals surface area contributed by atoms with E-state index in [-0.39, 0.29) is 5.91 Å². The van der Waals surface area contributed by atoms with E-state index in [0.29, 0.717) is 37.0 Å². The Morgan fingerprint density at radius 2 is 1.79 bits per heavy atom. The summed E-state index contributed by atoms with van der Waals surface area (Å²) in [5, 5.41) is 3.01. The van der Waals surface area contributed by atoms with E-state index < -0.39 is 0 Å². The minimum atomic E-state index is -0.143. The third-order valence-corrected chi connectivity index (χ3v) is 6.16. The maximum atomic E-state index is 12.5. The number of ether oxygens (including phenoxy) is 3. The molecule has 0 unspecified atom stereocenters. The fourth-order valence-corrected chi connectivity index (χ4v) is 4.19. The molecule has 0 aliphatic carbocycles. The van der Waals surface area contributed by atoms with Crippen LogP contribution in [0.5, 0.6) is 17.2 Å². The summed E-state index contributed by atoms with van der Waals surface area (Å²) in [6.07, 6.45) is 3.30. The van der Waals surface area contributed by atoms with Gasteiger partial charge in [0.1, 0.15) is 13.2 Å². The van der Waals surface area contributed by atoms with Gasteiger partial charge < -0.3 is 24.4 Å². The van der Waals surface area contributed by atoms with Gasteiger partial charge in [-0.1, -0.05) is 31.2 Å². The summed E-state index contributed by atoms with van der Waals surface area (Å²) in [5.41, 5.74) is 3.24. The van der Waals surface area contributed by atoms with Gasteiger partial charge in [0.2, 0.25) is 11.7 Å². The number of fused-ring (bicyclic) bond motifs is 1. The maximum absolute atomic E-state index is 12.5. The summed E-state index contributed by atoms with van der Waals surface area (Å²) in [6, 6.07) is 12.0. The molecule has 0 atom stereocenters. The average molecular weight is 452 g/mol. The molecule has 0 spiro atoms. The molecule has 176 valence electrons. The van der Waals surface area contributed by atoms with Gasteiger partial charge in [0.25, 0.3) is 0 Å². The monoisotopic (exact) mass is 451 g/mol. The van der Waals surface area contributed by atoms with Gasteiger partial charge in [-0.3, -0.25) is 9.69 Å². The first-order chi connectivity index (χ1) is 16.2. The highest BCUT2D eigenvalue weighted by Crippen LogP contribution is 2.40. The van der Waals surface area contributed by atoms with Gasteiger partial charge in [0, 0.05) is 45.3 Å².